The Hall–Kier alpha value is -1.81. The number of carbonyl (C=O) groups is 1. The molecule has 3 rings (SSSR count). The minimum absolute atomic E-state index is 0.189. The molecule has 2 heterocycles. The maximum atomic E-state index is 10.7. The molecule has 4 nitrogen and oxygen atoms in total. The molecule has 0 amide bonds. The molecule has 2 aliphatic rings. The molecule has 0 aliphatic carbocycles. The van der Waals surface area contributed by atoms with Crippen molar-refractivity contribution < 1.29 is 14.6 Å². The third kappa shape index (κ3) is 2.68. The van der Waals surface area contributed by atoms with Crippen LogP contribution >= 0.6 is 0 Å². The average molecular weight is 287 g/mol. The summed E-state index contributed by atoms with van der Waals surface area (Å²) in [5.41, 5.74) is 3.28. The van der Waals surface area contributed by atoms with Crippen molar-refractivity contribution >= 4 is 12.0 Å². The molecular formula is C17H21NO3. The molecule has 112 valence electrons. The van der Waals surface area contributed by atoms with E-state index in [1.807, 2.05) is 0 Å². The first-order chi connectivity index (χ1) is 9.99. The monoisotopic (exact) mass is 287 g/mol. The molecule has 1 aromatic carbocycles. The van der Waals surface area contributed by atoms with Crippen LogP contribution in [0.25, 0.3) is 6.08 Å². The number of ether oxygens (including phenoxy) is 1. The Kier molecular flexibility index (Phi) is 3.49. The quantitative estimate of drug-likeness (QED) is 0.928. The third-order valence-electron chi connectivity index (χ3n) is 4.56. The average Bonchev–Trinajstić information content (AvgIpc) is 2.84. The van der Waals surface area contributed by atoms with E-state index in [1.165, 1.54) is 11.1 Å². The van der Waals surface area contributed by atoms with Gasteiger partial charge in [-0.2, -0.15) is 0 Å². The molecule has 2 aliphatic heterocycles. The van der Waals surface area contributed by atoms with Crippen molar-refractivity contribution in [2.24, 2.45) is 0 Å². The SMILES string of the molecule is Cc1ccc2c(c1C)OC1(C=C2)CCN(CCC(=O)O)C1. The third-order valence-corrected chi connectivity index (χ3v) is 4.56. The van der Waals surface area contributed by atoms with E-state index < -0.39 is 5.97 Å². The van der Waals surface area contributed by atoms with Gasteiger partial charge in [0.2, 0.25) is 0 Å². The number of fused-ring (bicyclic) bond motifs is 1. The van der Waals surface area contributed by atoms with Gasteiger partial charge in [0.25, 0.3) is 0 Å². The number of rotatable bonds is 3. The number of carboxylic acid groups (broad SMARTS) is 1. The fourth-order valence-electron chi connectivity index (χ4n) is 3.10. The normalized spacial score (nSPS) is 24.1. The van der Waals surface area contributed by atoms with Gasteiger partial charge in [0.1, 0.15) is 11.4 Å². The van der Waals surface area contributed by atoms with Crippen molar-refractivity contribution in [3.63, 3.8) is 0 Å². The van der Waals surface area contributed by atoms with Crippen LogP contribution < -0.4 is 4.74 Å². The van der Waals surface area contributed by atoms with Crippen LogP contribution in [0.5, 0.6) is 5.75 Å². The summed E-state index contributed by atoms with van der Waals surface area (Å²) < 4.78 is 6.35. The lowest BCUT2D eigenvalue weighted by molar-refractivity contribution is -0.137. The lowest BCUT2D eigenvalue weighted by Gasteiger charge is -2.33. The molecule has 0 saturated carbocycles. The van der Waals surface area contributed by atoms with Crippen molar-refractivity contribution in [1.29, 1.82) is 0 Å². The summed E-state index contributed by atoms with van der Waals surface area (Å²) in [5.74, 6) is 0.241. The van der Waals surface area contributed by atoms with Crippen molar-refractivity contribution in [3.05, 3.63) is 34.9 Å². The fraction of sp³-hybridized carbons (Fsp3) is 0.471. The molecule has 0 aromatic heterocycles. The fourth-order valence-corrected chi connectivity index (χ4v) is 3.10. The van der Waals surface area contributed by atoms with Gasteiger partial charge in [-0.05, 0) is 31.1 Å². The van der Waals surface area contributed by atoms with E-state index in [1.54, 1.807) is 0 Å². The van der Waals surface area contributed by atoms with Gasteiger partial charge in [-0.15, -0.1) is 0 Å². The molecule has 1 aromatic rings. The highest BCUT2D eigenvalue weighted by molar-refractivity contribution is 5.67. The van der Waals surface area contributed by atoms with Gasteiger partial charge >= 0.3 is 5.97 Å². The number of hydrogen-bond donors (Lipinski definition) is 1. The van der Waals surface area contributed by atoms with Crippen molar-refractivity contribution in [2.75, 3.05) is 19.6 Å². The summed E-state index contributed by atoms with van der Waals surface area (Å²) in [4.78, 5) is 12.9. The van der Waals surface area contributed by atoms with Crippen LogP contribution in [0.3, 0.4) is 0 Å². The Morgan fingerprint density at radius 1 is 1.43 bits per heavy atom. The van der Waals surface area contributed by atoms with Gasteiger partial charge in [0, 0.05) is 31.6 Å². The predicted molar refractivity (Wildman–Crippen MR) is 81.6 cm³/mol. The van der Waals surface area contributed by atoms with Crippen molar-refractivity contribution in [3.8, 4) is 5.75 Å². The van der Waals surface area contributed by atoms with E-state index >= 15 is 0 Å². The van der Waals surface area contributed by atoms with Crippen molar-refractivity contribution in [2.45, 2.75) is 32.3 Å². The Bertz CT molecular complexity index is 608. The summed E-state index contributed by atoms with van der Waals surface area (Å²) >= 11 is 0. The second kappa shape index (κ2) is 5.19. The standard InChI is InChI=1S/C17H21NO3/c1-12-3-4-14-5-7-17(21-16(14)13(12)2)8-10-18(11-17)9-6-15(19)20/h3-5,7H,6,8-11H2,1-2H3,(H,19,20). The number of carboxylic acids is 1. The molecule has 1 saturated heterocycles. The van der Waals surface area contributed by atoms with E-state index in [0.29, 0.717) is 6.54 Å². The van der Waals surface area contributed by atoms with Gasteiger partial charge in [-0.3, -0.25) is 9.69 Å². The lowest BCUT2D eigenvalue weighted by atomic mass is 9.95. The summed E-state index contributed by atoms with van der Waals surface area (Å²) in [6.45, 7) is 6.44. The minimum Gasteiger partial charge on any atom is -0.481 e. The van der Waals surface area contributed by atoms with Gasteiger partial charge < -0.3 is 9.84 Å². The molecule has 1 N–H and O–H groups in total. The Morgan fingerprint density at radius 3 is 3.00 bits per heavy atom. The molecule has 4 heteroatoms. The predicted octanol–water partition coefficient (Wildman–Crippen LogP) is 2.63. The van der Waals surface area contributed by atoms with Crippen LogP contribution in [0, 0.1) is 13.8 Å². The molecule has 1 unspecified atom stereocenters. The molecule has 21 heavy (non-hydrogen) atoms. The molecule has 0 radical (unpaired) electrons. The second-order valence-electron chi connectivity index (χ2n) is 6.10. The summed E-state index contributed by atoms with van der Waals surface area (Å²) in [5, 5.41) is 8.80. The van der Waals surface area contributed by atoms with Crippen LogP contribution in [-0.4, -0.2) is 41.2 Å². The molecule has 1 atom stereocenters. The van der Waals surface area contributed by atoms with Gasteiger partial charge in [-0.1, -0.05) is 18.2 Å². The van der Waals surface area contributed by atoms with Crippen LogP contribution in [-0.2, 0) is 4.79 Å². The number of hydrogen-bond acceptors (Lipinski definition) is 3. The van der Waals surface area contributed by atoms with Crippen LogP contribution in [0.2, 0.25) is 0 Å². The van der Waals surface area contributed by atoms with Crippen LogP contribution in [0.1, 0.15) is 29.5 Å². The zero-order valence-electron chi connectivity index (χ0n) is 12.6. The Labute approximate surface area is 125 Å². The zero-order chi connectivity index (χ0) is 15.0. The molecule has 1 spiro atoms. The lowest BCUT2D eigenvalue weighted by Crippen LogP contribution is -2.39. The molecule has 1 fully saturated rings. The van der Waals surface area contributed by atoms with Crippen LogP contribution in [0.4, 0.5) is 0 Å². The number of aryl methyl sites for hydroxylation is 1. The number of nitrogens with zero attached hydrogens (tertiary/aromatic N) is 1. The highest BCUT2D eigenvalue weighted by atomic mass is 16.5. The number of likely N-dealkylation sites (tertiary alicyclic amines) is 1. The first kappa shape index (κ1) is 14.1. The summed E-state index contributed by atoms with van der Waals surface area (Å²) in [6.07, 6.45) is 5.39. The summed E-state index contributed by atoms with van der Waals surface area (Å²) in [6, 6.07) is 4.21. The first-order valence-corrected chi connectivity index (χ1v) is 7.42. The van der Waals surface area contributed by atoms with E-state index in [0.717, 1.165) is 30.8 Å². The zero-order valence-corrected chi connectivity index (χ0v) is 12.6. The highest BCUT2D eigenvalue weighted by Crippen LogP contribution is 2.39. The largest absolute Gasteiger partial charge is 0.481 e. The van der Waals surface area contributed by atoms with E-state index in [4.69, 9.17) is 9.84 Å². The van der Waals surface area contributed by atoms with E-state index in [-0.39, 0.29) is 12.0 Å². The first-order valence-electron chi connectivity index (χ1n) is 7.42. The maximum Gasteiger partial charge on any atom is 0.304 e. The van der Waals surface area contributed by atoms with Gasteiger partial charge in [0.15, 0.2) is 0 Å². The maximum absolute atomic E-state index is 10.7. The Morgan fingerprint density at radius 2 is 2.24 bits per heavy atom. The van der Waals surface area contributed by atoms with E-state index in [9.17, 15) is 4.79 Å². The van der Waals surface area contributed by atoms with Crippen LogP contribution in [0.15, 0.2) is 18.2 Å². The highest BCUT2D eigenvalue weighted by Gasteiger charge is 2.40. The number of benzene rings is 1. The second-order valence-corrected chi connectivity index (χ2v) is 6.10. The Balaban J connectivity index is 1.77. The number of aliphatic carboxylic acids is 1. The summed E-state index contributed by atoms with van der Waals surface area (Å²) in [7, 11) is 0. The molecule has 0 bridgehead atoms. The van der Waals surface area contributed by atoms with Gasteiger partial charge in [-0.25, -0.2) is 0 Å². The smallest absolute Gasteiger partial charge is 0.304 e. The topological polar surface area (TPSA) is 49.8 Å². The van der Waals surface area contributed by atoms with Gasteiger partial charge in [0.05, 0.1) is 6.42 Å². The minimum atomic E-state index is -0.743. The molecular weight excluding hydrogens is 266 g/mol. The van der Waals surface area contributed by atoms with Crippen molar-refractivity contribution in [1.82, 2.24) is 4.90 Å². The van der Waals surface area contributed by atoms with E-state index in [2.05, 4.69) is 43.0 Å².